The van der Waals surface area contributed by atoms with Crippen molar-refractivity contribution >= 4 is 57.9 Å². The van der Waals surface area contributed by atoms with Crippen molar-refractivity contribution in [3.05, 3.63) is 174 Å². The van der Waals surface area contributed by atoms with E-state index in [9.17, 15) is 49.0 Å². The highest BCUT2D eigenvalue weighted by Crippen LogP contribution is 2.33. The summed E-state index contributed by atoms with van der Waals surface area (Å²) < 4.78 is 0. The molecule has 2 aliphatic heterocycles. The fraction of sp³-hybridized carbons (Fsp3) is 0. The van der Waals surface area contributed by atoms with Gasteiger partial charge < -0.3 is 0 Å². The number of fused-ring (bicyclic) bond motifs is 2. The number of nitro groups is 2. The fourth-order valence-electron chi connectivity index (χ4n) is 5.78. The molecule has 0 radical (unpaired) electrons. The first-order valence-electron chi connectivity index (χ1n) is 14.7. The summed E-state index contributed by atoms with van der Waals surface area (Å²) in [5.41, 5.74) is 0.563. The van der Waals surface area contributed by atoms with Gasteiger partial charge in [-0.1, -0.05) is 24.3 Å². The van der Waals surface area contributed by atoms with E-state index in [0.717, 1.165) is 34.1 Å². The molecule has 7 rings (SSSR count). The van der Waals surface area contributed by atoms with E-state index in [-0.39, 0.29) is 67.3 Å². The predicted molar refractivity (Wildman–Crippen MR) is 175 cm³/mol. The average Bonchev–Trinajstić information content (AvgIpc) is 3.54. The molecule has 2 heterocycles. The maximum Gasteiger partial charge on any atom is 0.270 e. The van der Waals surface area contributed by atoms with E-state index in [1.807, 2.05) is 0 Å². The van der Waals surface area contributed by atoms with Gasteiger partial charge in [0.05, 0.1) is 43.5 Å². The zero-order chi connectivity index (χ0) is 35.4. The first-order valence-corrected chi connectivity index (χ1v) is 14.7. The largest absolute Gasteiger partial charge is 0.289 e. The van der Waals surface area contributed by atoms with E-state index in [2.05, 4.69) is 0 Å². The second-order valence-corrected chi connectivity index (χ2v) is 11.2. The molecule has 5 aromatic carbocycles. The average molecular weight is 667 g/mol. The van der Waals surface area contributed by atoms with Crippen LogP contribution in [-0.2, 0) is 0 Å². The molecule has 5 aromatic rings. The van der Waals surface area contributed by atoms with Crippen LogP contribution < -0.4 is 9.80 Å². The number of amides is 4. The highest BCUT2D eigenvalue weighted by Gasteiger charge is 2.39. The molecule has 14 nitrogen and oxygen atoms in total. The molecule has 4 amide bonds. The zero-order valence-corrected chi connectivity index (χ0v) is 25.3. The topological polar surface area (TPSA) is 195 Å². The number of rotatable bonds is 8. The quantitative estimate of drug-likeness (QED) is 0.0874. The second kappa shape index (κ2) is 11.6. The van der Waals surface area contributed by atoms with Crippen molar-refractivity contribution in [2.45, 2.75) is 0 Å². The Morgan fingerprint density at radius 1 is 0.420 bits per heavy atom. The number of anilines is 2. The summed E-state index contributed by atoms with van der Waals surface area (Å²) >= 11 is 0. The number of ketones is 2. The van der Waals surface area contributed by atoms with Gasteiger partial charge in [0.15, 0.2) is 11.6 Å². The van der Waals surface area contributed by atoms with Crippen molar-refractivity contribution in [2.24, 2.45) is 0 Å². The maximum absolute atomic E-state index is 13.2. The van der Waals surface area contributed by atoms with Crippen molar-refractivity contribution in [1.82, 2.24) is 0 Å². The number of carbonyl (C=O) groups excluding carboxylic acids is 6. The van der Waals surface area contributed by atoms with Crippen LogP contribution in [-0.4, -0.2) is 45.0 Å². The number of hydrogen-bond acceptors (Lipinski definition) is 10. The molecule has 2 aliphatic rings. The first kappa shape index (κ1) is 31.1. The minimum absolute atomic E-state index is 0.0316. The second-order valence-electron chi connectivity index (χ2n) is 11.2. The predicted octanol–water partition coefficient (Wildman–Crippen LogP) is 5.57. The number of nitrogens with zero attached hydrogens (tertiary/aromatic N) is 4. The summed E-state index contributed by atoms with van der Waals surface area (Å²) in [6.45, 7) is 0. The van der Waals surface area contributed by atoms with E-state index < -0.39 is 45.0 Å². The van der Waals surface area contributed by atoms with E-state index >= 15 is 0 Å². The van der Waals surface area contributed by atoms with Gasteiger partial charge in [0.1, 0.15) is 0 Å². The molecule has 50 heavy (non-hydrogen) atoms. The maximum atomic E-state index is 13.2. The van der Waals surface area contributed by atoms with Gasteiger partial charge in [-0.3, -0.25) is 49.0 Å². The molecule has 0 spiro atoms. The lowest BCUT2D eigenvalue weighted by atomic mass is 9.98. The van der Waals surface area contributed by atoms with Crippen molar-refractivity contribution in [3.8, 4) is 0 Å². The van der Waals surface area contributed by atoms with Crippen LogP contribution in [0.2, 0.25) is 0 Å². The molecule has 0 fully saturated rings. The van der Waals surface area contributed by atoms with Crippen LogP contribution in [0.1, 0.15) is 73.3 Å². The smallest absolute Gasteiger partial charge is 0.270 e. The highest BCUT2D eigenvalue weighted by molar-refractivity contribution is 6.35. The molecule has 242 valence electrons. The van der Waals surface area contributed by atoms with Gasteiger partial charge in [-0.15, -0.1) is 0 Å². The third-order valence-electron chi connectivity index (χ3n) is 8.35. The van der Waals surface area contributed by atoms with Crippen molar-refractivity contribution in [3.63, 3.8) is 0 Å². The van der Waals surface area contributed by atoms with E-state index in [1.54, 1.807) is 0 Å². The lowest BCUT2D eigenvalue weighted by molar-refractivity contribution is -0.385. The van der Waals surface area contributed by atoms with Crippen LogP contribution in [0, 0.1) is 20.2 Å². The molecule has 0 unspecified atom stereocenters. The van der Waals surface area contributed by atoms with E-state index in [0.29, 0.717) is 0 Å². The lowest BCUT2D eigenvalue weighted by Crippen LogP contribution is -2.29. The van der Waals surface area contributed by atoms with E-state index in [1.165, 1.54) is 84.9 Å². The van der Waals surface area contributed by atoms with Crippen molar-refractivity contribution in [1.29, 1.82) is 0 Å². The fourth-order valence-corrected chi connectivity index (χ4v) is 5.78. The summed E-state index contributed by atoms with van der Waals surface area (Å²) in [5.74, 6) is -3.54. The Bertz CT molecular complexity index is 2220. The molecule has 0 aliphatic carbocycles. The number of nitro benzene ring substituents is 2. The Morgan fingerprint density at radius 2 is 0.700 bits per heavy atom. The van der Waals surface area contributed by atoms with Crippen LogP contribution in [0.4, 0.5) is 22.7 Å². The minimum atomic E-state index is -0.723. The van der Waals surface area contributed by atoms with Gasteiger partial charge in [-0.05, 0) is 60.7 Å². The Hall–Kier alpha value is -7.48. The summed E-state index contributed by atoms with van der Waals surface area (Å²) in [7, 11) is 0. The van der Waals surface area contributed by atoms with Gasteiger partial charge in [0.2, 0.25) is 0 Å². The van der Waals surface area contributed by atoms with Crippen LogP contribution in [0.3, 0.4) is 0 Å². The van der Waals surface area contributed by atoms with Gasteiger partial charge in [-0.25, -0.2) is 9.80 Å². The molecular weight excluding hydrogens is 648 g/mol. The van der Waals surface area contributed by atoms with Gasteiger partial charge in [-0.2, -0.15) is 0 Å². The third kappa shape index (κ3) is 5.00. The van der Waals surface area contributed by atoms with E-state index in [4.69, 9.17) is 0 Å². The molecule has 14 heteroatoms. The third-order valence-corrected chi connectivity index (χ3v) is 8.35. The summed E-state index contributed by atoms with van der Waals surface area (Å²) in [4.78, 5) is 101. The van der Waals surface area contributed by atoms with Crippen LogP contribution >= 0.6 is 0 Å². The normalized spacial score (nSPS) is 13.4. The van der Waals surface area contributed by atoms with Crippen molar-refractivity contribution in [2.75, 3.05) is 9.80 Å². The summed E-state index contributed by atoms with van der Waals surface area (Å²) in [5, 5.41) is 22.2. The lowest BCUT2D eigenvalue weighted by Gasteiger charge is -2.14. The Morgan fingerprint density at radius 3 is 1.00 bits per heavy atom. The molecular formula is C36H18N4O10. The molecule has 0 aromatic heterocycles. The standard InChI is InChI=1S/C36H18N4O10/c41-31(21-5-9-23(10-6-21)37-33(43)27-15-13-25(39(47)48)17-29(27)35(37)45)19-1-2-20(4-3-19)32(42)22-7-11-24(12-8-22)38-34(44)28-16-14-26(40(49)50)18-30(28)36(38)46/h1-18H. The molecule has 0 atom stereocenters. The Kier molecular flexibility index (Phi) is 7.25. The Labute approximate surface area is 280 Å². The van der Waals surface area contributed by atoms with Crippen LogP contribution in [0.5, 0.6) is 0 Å². The number of hydrogen-bond donors (Lipinski definition) is 0. The molecule has 0 N–H and O–H groups in total. The molecule has 0 saturated carbocycles. The van der Waals surface area contributed by atoms with Crippen LogP contribution in [0.25, 0.3) is 0 Å². The number of carbonyl (C=O) groups is 6. The monoisotopic (exact) mass is 666 g/mol. The van der Waals surface area contributed by atoms with Crippen molar-refractivity contribution < 1.29 is 38.6 Å². The van der Waals surface area contributed by atoms with Gasteiger partial charge in [0, 0.05) is 46.5 Å². The highest BCUT2D eigenvalue weighted by atomic mass is 16.6. The zero-order valence-electron chi connectivity index (χ0n) is 25.3. The molecule has 0 saturated heterocycles. The Balaban J connectivity index is 1.03. The van der Waals surface area contributed by atoms with Gasteiger partial charge >= 0.3 is 0 Å². The summed E-state index contributed by atoms with van der Waals surface area (Å²) in [6.07, 6.45) is 0. The number of benzene rings is 5. The number of imide groups is 2. The number of non-ortho nitro benzene ring substituents is 2. The van der Waals surface area contributed by atoms with Gasteiger partial charge in [0.25, 0.3) is 35.0 Å². The van der Waals surface area contributed by atoms with Crippen LogP contribution in [0.15, 0.2) is 109 Å². The summed E-state index contributed by atoms with van der Waals surface area (Å²) in [6, 6.07) is 24.1. The minimum Gasteiger partial charge on any atom is -0.289 e. The first-order chi connectivity index (χ1) is 23.9. The molecule has 0 bridgehead atoms. The SMILES string of the molecule is O=C(c1ccc(C(=O)c2ccc(N3C(=O)c4ccc([N+](=O)[O-])cc4C3=O)cc2)cc1)c1ccc(N2C(=O)c3ccc([N+](=O)[O-])cc3C2=O)cc1.